The van der Waals surface area contributed by atoms with Crippen LogP contribution in [0.3, 0.4) is 0 Å². The van der Waals surface area contributed by atoms with Crippen LogP contribution < -0.4 is 11.2 Å². The number of hydrogen-bond acceptors (Lipinski definition) is 4. The van der Waals surface area contributed by atoms with Crippen molar-refractivity contribution in [1.29, 1.82) is 0 Å². The van der Waals surface area contributed by atoms with Crippen LogP contribution in [0.4, 0.5) is 4.39 Å². The lowest BCUT2D eigenvalue weighted by Gasteiger charge is -2.23. The molecule has 0 unspecified atom stereocenters. The Bertz CT molecular complexity index is 1090. The quantitative estimate of drug-likeness (QED) is 0.754. The fourth-order valence-electron chi connectivity index (χ4n) is 3.48. The second kappa shape index (κ2) is 7.53. The summed E-state index contributed by atoms with van der Waals surface area (Å²) in [6.45, 7) is 2.06. The Kier molecular flexibility index (Phi) is 4.93. The molecule has 0 saturated carbocycles. The lowest BCUT2D eigenvalue weighted by atomic mass is 10.0. The largest absolute Gasteiger partial charge is 0.330 e. The summed E-state index contributed by atoms with van der Waals surface area (Å²) in [4.78, 5) is 32.3. The number of nitrogens with one attached hydrogen (secondary N) is 1. The molecule has 6 nitrogen and oxygen atoms in total. The summed E-state index contributed by atoms with van der Waals surface area (Å²) in [5.74, 6) is -0.320. The van der Waals surface area contributed by atoms with Crippen LogP contribution in [0.25, 0.3) is 0 Å². The average Bonchev–Trinajstić information content (AvgIpc) is 3.09. The SMILES string of the molecule is Cc1cn([C@H]2C[C@@H](c3ccccc3F)N(Cc3ccccc3)O2)c(=O)[nH]c1=O. The second-order valence-electron chi connectivity index (χ2n) is 6.87. The van der Waals surface area contributed by atoms with E-state index >= 15 is 0 Å². The predicted octanol–water partition coefficient (Wildman–Crippen LogP) is 3.06. The minimum absolute atomic E-state index is 0.320. The van der Waals surface area contributed by atoms with E-state index < -0.39 is 17.5 Å². The molecule has 2 aromatic carbocycles. The number of aromatic nitrogens is 2. The van der Waals surface area contributed by atoms with E-state index in [0.29, 0.717) is 24.1 Å². The van der Waals surface area contributed by atoms with Crippen LogP contribution in [0.2, 0.25) is 0 Å². The van der Waals surface area contributed by atoms with E-state index in [9.17, 15) is 14.0 Å². The van der Waals surface area contributed by atoms with Crippen LogP contribution in [0.15, 0.2) is 70.4 Å². The zero-order valence-electron chi connectivity index (χ0n) is 15.3. The number of hydrogen-bond donors (Lipinski definition) is 1. The summed E-state index contributed by atoms with van der Waals surface area (Å²) in [7, 11) is 0. The zero-order valence-corrected chi connectivity index (χ0v) is 15.3. The maximum Gasteiger partial charge on any atom is 0.330 e. The van der Waals surface area contributed by atoms with Gasteiger partial charge in [0.2, 0.25) is 0 Å². The lowest BCUT2D eigenvalue weighted by molar-refractivity contribution is -0.192. The molecule has 1 aliphatic rings. The van der Waals surface area contributed by atoms with Crippen LogP contribution in [0.1, 0.15) is 35.4 Å². The van der Waals surface area contributed by atoms with Gasteiger partial charge in [0, 0.05) is 30.3 Å². The minimum atomic E-state index is -0.642. The first-order valence-corrected chi connectivity index (χ1v) is 9.07. The molecule has 1 saturated heterocycles. The summed E-state index contributed by atoms with van der Waals surface area (Å²) in [6.07, 6.45) is 1.21. The Morgan fingerprint density at radius 2 is 1.82 bits per heavy atom. The van der Waals surface area contributed by atoms with Crippen molar-refractivity contribution in [1.82, 2.24) is 14.6 Å². The Morgan fingerprint density at radius 3 is 2.57 bits per heavy atom. The van der Waals surface area contributed by atoms with Crippen LogP contribution in [0.5, 0.6) is 0 Å². The van der Waals surface area contributed by atoms with Gasteiger partial charge in [-0.05, 0) is 18.6 Å². The van der Waals surface area contributed by atoms with Gasteiger partial charge >= 0.3 is 5.69 Å². The standard InChI is InChI=1S/C21H20FN3O3/c1-14-12-24(21(27)23-20(14)26)19-11-18(16-9-5-6-10-17(16)22)25(28-19)13-15-7-3-2-4-8-15/h2-10,12,18-19H,11,13H2,1H3,(H,23,26,27)/t18-,19+/m0/s1. The number of hydroxylamine groups is 2. The molecule has 2 heterocycles. The molecule has 28 heavy (non-hydrogen) atoms. The van der Waals surface area contributed by atoms with Crippen molar-refractivity contribution in [3.8, 4) is 0 Å². The molecule has 1 aromatic heterocycles. The molecule has 2 atom stereocenters. The van der Waals surface area contributed by atoms with Crippen LogP contribution >= 0.6 is 0 Å². The monoisotopic (exact) mass is 381 g/mol. The first kappa shape index (κ1) is 18.3. The first-order valence-electron chi connectivity index (χ1n) is 9.07. The Morgan fingerprint density at radius 1 is 1.11 bits per heavy atom. The number of halogens is 1. The van der Waals surface area contributed by atoms with E-state index in [1.807, 2.05) is 30.3 Å². The third-order valence-electron chi connectivity index (χ3n) is 4.93. The summed E-state index contributed by atoms with van der Waals surface area (Å²) in [5.41, 5.74) is 0.956. The third kappa shape index (κ3) is 3.54. The van der Waals surface area contributed by atoms with Crippen molar-refractivity contribution >= 4 is 0 Å². The number of benzene rings is 2. The highest BCUT2D eigenvalue weighted by Gasteiger charge is 2.37. The number of nitrogens with zero attached hydrogens (tertiary/aromatic N) is 2. The van der Waals surface area contributed by atoms with Gasteiger partial charge in [-0.15, -0.1) is 0 Å². The molecule has 0 aliphatic carbocycles. The number of H-pyrrole nitrogens is 1. The van der Waals surface area contributed by atoms with Crippen molar-refractivity contribution in [2.45, 2.75) is 32.2 Å². The molecule has 3 aromatic rings. The molecule has 0 spiro atoms. The van der Waals surface area contributed by atoms with Gasteiger partial charge in [-0.1, -0.05) is 48.5 Å². The highest BCUT2D eigenvalue weighted by Crippen LogP contribution is 2.40. The molecule has 0 amide bonds. The fraction of sp³-hybridized carbons (Fsp3) is 0.238. The lowest BCUT2D eigenvalue weighted by Crippen LogP contribution is -2.33. The first-order chi connectivity index (χ1) is 13.5. The minimum Gasteiger partial charge on any atom is -0.274 e. The number of rotatable bonds is 4. The van der Waals surface area contributed by atoms with E-state index in [2.05, 4.69) is 4.98 Å². The Hall–Kier alpha value is -3.03. The van der Waals surface area contributed by atoms with E-state index in [1.165, 1.54) is 16.8 Å². The van der Waals surface area contributed by atoms with Crippen LogP contribution in [0, 0.1) is 12.7 Å². The predicted molar refractivity (Wildman–Crippen MR) is 102 cm³/mol. The van der Waals surface area contributed by atoms with Crippen LogP contribution in [-0.2, 0) is 11.4 Å². The molecule has 4 rings (SSSR count). The van der Waals surface area contributed by atoms with Gasteiger partial charge in [0.15, 0.2) is 6.23 Å². The molecule has 0 radical (unpaired) electrons. The number of aryl methyl sites for hydroxylation is 1. The van der Waals surface area contributed by atoms with E-state index in [1.54, 1.807) is 30.2 Å². The second-order valence-corrected chi connectivity index (χ2v) is 6.87. The van der Waals surface area contributed by atoms with E-state index in [0.717, 1.165) is 5.56 Å². The normalized spacial score (nSPS) is 19.8. The average molecular weight is 381 g/mol. The van der Waals surface area contributed by atoms with E-state index in [4.69, 9.17) is 4.84 Å². The van der Waals surface area contributed by atoms with Crippen molar-refractivity contribution in [2.24, 2.45) is 0 Å². The third-order valence-corrected chi connectivity index (χ3v) is 4.93. The Balaban J connectivity index is 1.71. The maximum atomic E-state index is 14.5. The molecule has 1 N–H and O–H groups in total. The summed E-state index contributed by atoms with van der Waals surface area (Å²) < 4.78 is 15.8. The van der Waals surface area contributed by atoms with Crippen LogP contribution in [-0.4, -0.2) is 14.6 Å². The topological polar surface area (TPSA) is 67.3 Å². The smallest absolute Gasteiger partial charge is 0.274 e. The zero-order chi connectivity index (χ0) is 19.7. The van der Waals surface area contributed by atoms with Gasteiger partial charge < -0.3 is 0 Å². The summed E-state index contributed by atoms with van der Waals surface area (Å²) >= 11 is 0. The van der Waals surface area contributed by atoms with Crippen molar-refractivity contribution in [3.63, 3.8) is 0 Å². The summed E-state index contributed by atoms with van der Waals surface area (Å²) in [5, 5.41) is 1.70. The van der Waals surface area contributed by atoms with Gasteiger partial charge in [-0.2, -0.15) is 5.06 Å². The highest BCUT2D eigenvalue weighted by molar-refractivity contribution is 5.23. The molecule has 1 fully saturated rings. The van der Waals surface area contributed by atoms with Crippen molar-refractivity contribution < 1.29 is 9.23 Å². The highest BCUT2D eigenvalue weighted by atomic mass is 19.1. The number of aromatic amines is 1. The molecular weight excluding hydrogens is 361 g/mol. The Labute approximate surface area is 160 Å². The molecule has 144 valence electrons. The van der Waals surface area contributed by atoms with Crippen molar-refractivity contribution in [3.05, 3.63) is 104 Å². The van der Waals surface area contributed by atoms with E-state index in [-0.39, 0.29) is 11.9 Å². The van der Waals surface area contributed by atoms with Gasteiger partial charge in [0.25, 0.3) is 5.56 Å². The maximum absolute atomic E-state index is 14.5. The molecule has 1 aliphatic heterocycles. The molecule has 7 heteroatoms. The van der Waals surface area contributed by atoms with Gasteiger partial charge in [0.05, 0.1) is 6.04 Å². The van der Waals surface area contributed by atoms with Gasteiger partial charge in [-0.3, -0.25) is 19.2 Å². The molecule has 0 bridgehead atoms. The fourth-order valence-corrected chi connectivity index (χ4v) is 3.48. The molecular formula is C21H20FN3O3. The van der Waals surface area contributed by atoms with Gasteiger partial charge in [0.1, 0.15) is 5.82 Å². The van der Waals surface area contributed by atoms with Crippen molar-refractivity contribution in [2.75, 3.05) is 0 Å². The summed E-state index contributed by atoms with van der Waals surface area (Å²) in [6, 6.07) is 15.9. The van der Waals surface area contributed by atoms with Gasteiger partial charge in [-0.25, -0.2) is 9.18 Å².